The molecule has 0 bridgehead atoms. The van der Waals surface area contributed by atoms with Crippen molar-refractivity contribution < 1.29 is 4.79 Å². The second-order valence-electron chi connectivity index (χ2n) is 6.77. The van der Waals surface area contributed by atoms with Crippen molar-refractivity contribution in [3.8, 4) is 0 Å². The fraction of sp³-hybridized carbons (Fsp3) is 0.765. The lowest BCUT2D eigenvalue weighted by atomic mass is 9.85. The van der Waals surface area contributed by atoms with Crippen molar-refractivity contribution in [1.82, 2.24) is 20.2 Å². The fourth-order valence-corrected chi connectivity index (χ4v) is 3.90. The molecule has 1 aromatic rings. The molecule has 5 nitrogen and oxygen atoms in total. The Morgan fingerprint density at radius 1 is 1.41 bits per heavy atom. The molecule has 5 heteroatoms. The van der Waals surface area contributed by atoms with Gasteiger partial charge in [0.15, 0.2) is 0 Å². The predicted octanol–water partition coefficient (Wildman–Crippen LogP) is 2.01. The summed E-state index contributed by atoms with van der Waals surface area (Å²) >= 11 is 0. The molecule has 0 radical (unpaired) electrons. The summed E-state index contributed by atoms with van der Waals surface area (Å²) < 4.78 is 2.16. The van der Waals surface area contributed by atoms with Crippen LogP contribution in [0, 0.1) is 12.8 Å². The lowest BCUT2D eigenvalue weighted by Crippen LogP contribution is -2.43. The average molecular weight is 304 g/mol. The van der Waals surface area contributed by atoms with Crippen LogP contribution in [-0.2, 0) is 11.3 Å². The smallest absolute Gasteiger partial charge is 0.237 e. The standard InChI is InChI=1S/C17H28N4O/c1-13-18-9-11-21(13)10-5-4-8-19-17(22)16-12-14-6-2-3-7-15(14)20-16/h9,11,14-16,20H,2-8,10,12H2,1H3,(H,19,22). The van der Waals surface area contributed by atoms with Gasteiger partial charge in [0.2, 0.25) is 5.91 Å². The van der Waals surface area contributed by atoms with Crippen LogP contribution in [0.5, 0.6) is 0 Å². The Hall–Kier alpha value is -1.36. The third kappa shape index (κ3) is 3.69. The van der Waals surface area contributed by atoms with Crippen LogP contribution < -0.4 is 10.6 Å². The quantitative estimate of drug-likeness (QED) is 0.790. The summed E-state index contributed by atoms with van der Waals surface area (Å²) in [5, 5.41) is 6.64. The Kier molecular flexibility index (Phi) is 5.13. The van der Waals surface area contributed by atoms with Crippen molar-refractivity contribution >= 4 is 5.91 Å². The van der Waals surface area contributed by atoms with E-state index in [4.69, 9.17) is 0 Å². The zero-order valence-electron chi connectivity index (χ0n) is 13.6. The van der Waals surface area contributed by atoms with Crippen LogP contribution in [0.1, 0.15) is 50.8 Å². The van der Waals surface area contributed by atoms with Crippen LogP contribution in [0.4, 0.5) is 0 Å². The fourth-order valence-electron chi connectivity index (χ4n) is 3.90. The highest BCUT2D eigenvalue weighted by Crippen LogP contribution is 2.33. The summed E-state index contributed by atoms with van der Waals surface area (Å²) in [6.07, 6.45) is 12.2. The molecule has 1 saturated carbocycles. The van der Waals surface area contributed by atoms with Gasteiger partial charge in [0.1, 0.15) is 5.82 Å². The Morgan fingerprint density at radius 3 is 3.05 bits per heavy atom. The number of fused-ring (bicyclic) bond motifs is 1. The maximum absolute atomic E-state index is 12.2. The second kappa shape index (κ2) is 7.27. The van der Waals surface area contributed by atoms with Gasteiger partial charge in [-0.3, -0.25) is 4.79 Å². The monoisotopic (exact) mass is 304 g/mol. The summed E-state index contributed by atoms with van der Waals surface area (Å²) in [5.41, 5.74) is 0. The van der Waals surface area contributed by atoms with E-state index in [0.29, 0.717) is 6.04 Å². The van der Waals surface area contributed by atoms with E-state index in [1.807, 2.05) is 19.3 Å². The summed E-state index contributed by atoms with van der Waals surface area (Å²) in [5.74, 6) is 1.99. The number of unbranched alkanes of at least 4 members (excludes halogenated alkanes) is 1. The van der Waals surface area contributed by atoms with Gasteiger partial charge in [0.05, 0.1) is 6.04 Å². The number of hydrogen-bond acceptors (Lipinski definition) is 3. The van der Waals surface area contributed by atoms with Crippen molar-refractivity contribution in [2.45, 2.75) is 70.5 Å². The molecule has 122 valence electrons. The van der Waals surface area contributed by atoms with E-state index in [2.05, 4.69) is 20.2 Å². The Morgan fingerprint density at radius 2 is 2.27 bits per heavy atom. The van der Waals surface area contributed by atoms with Crippen LogP contribution >= 0.6 is 0 Å². The number of aromatic nitrogens is 2. The molecular formula is C17H28N4O. The van der Waals surface area contributed by atoms with E-state index in [1.165, 1.54) is 25.7 Å². The van der Waals surface area contributed by atoms with E-state index in [0.717, 1.165) is 44.1 Å². The molecular weight excluding hydrogens is 276 g/mol. The van der Waals surface area contributed by atoms with Gasteiger partial charge in [-0.15, -0.1) is 0 Å². The van der Waals surface area contributed by atoms with Gasteiger partial charge >= 0.3 is 0 Å². The number of carbonyl (C=O) groups excluding carboxylic acids is 1. The zero-order valence-corrected chi connectivity index (χ0v) is 13.6. The number of rotatable bonds is 6. The SMILES string of the molecule is Cc1nccn1CCCCNC(=O)C1CC2CCCCC2N1. The maximum atomic E-state index is 12.2. The Bertz CT molecular complexity index is 485. The first-order valence-corrected chi connectivity index (χ1v) is 8.75. The molecule has 1 aliphatic heterocycles. The lowest BCUT2D eigenvalue weighted by Gasteiger charge is -2.24. The summed E-state index contributed by atoms with van der Waals surface area (Å²) in [6.45, 7) is 3.78. The molecule has 0 spiro atoms. The highest BCUT2D eigenvalue weighted by molar-refractivity contribution is 5.82. The molecule has 1 amide bonds. The highest BCUT2D eigenvalue weighted by atomic mass is 16.2. The van der Waals surface area contributed by atoms with Crippen LogP contribution in [-0.4, -0.2) is 34.1 Å². The van der Waals surface area contributed by atoms with Crippen molar-refractivity contribution in [3.63, 3.8) is 0 Å². The number of imidazole rings is 1. The molecule has 3 unspecified atom stereocenters. The van der Waals surface area contributed by atoms with E-state index in [9.17, 15) is 4.79 Å². The summed E-state index contributed by atoms with van der Waals surface area (Å²) in [6, 6.07) is 0.637. The molecule has 1 saturated heterocycles. The van der Waals surface area contributed by atoms with Gasteiger partial charge in [-0.2, -0.15) is 0 Å². The van der Waals surface area contributed by atoms with Gasteiger partial charge in [0.25, 0.3) is 0 Å². The number of hydrogen-bond donors (Lipinski definition) is 2. The Labute approximate surface area is 132 Å². The van der Waals surface area contributed by atoms with Crippen LogP contribution in [0.15, 0.2) is 12.4 Å². The largest absolute Gasteiger partial charge is 0.355 e. The van der Waals surface area contributed by atoms with Gasteiger partial charge in [-0.25, -0.2) is 4.98 Å². The zero-order chi connectivity index (χ0) is 15.4. The van der Waals surface area contributed by atoms with E-state index in [-0.39, 0.29) is 11.9 Å². The normalized spacial score (nSPS) is 27.6. The summed E-state index contributed by atoms with van der Waals surface area (Å²) in [7, 11) is 0. The first-order valence-electron chi connectivity index (χ1n) is 8.75. The first-order chi connectivity index (χ1) is 10.7. The third-order valence-electron chi connectivity index (χ3n) is 5.23. The van der Waals surface area contributed by atoms with Crippen LogP contribution in [0.3, 0.4) is 0 Å². The molecule has 3 atom stereocenters. The van der Waals surface area contributed by atoms with Gasteiger partial charge in [-0.1, -0.05) is 12.8 Å². The molecule has 1 aromatic heterocycles. The number of carbonyl (C=O) groups is 1. The minimum absolute atomic E-state index is 0.0454. The molecule has 2 N–H and O–H groups in total. The molecule has 2 aliphatic rings. The molecule has 2 fully saturated rings. The van der Waals surface area contributed by atoms with Crippen molar-refractivity contribution in [3.05, 3.63) is 18.2 Å². The number of nitrogens with zero attached hydrogens (tertiary/aromatic N) is 2. The molecule has 1 aliphatic carbocycles. The van der Waals surface area contributed by atoms with Gasteiger partial charge < -0.3 is 15.2 Å². The third-order valence-corrected chi connectivity index (χ3v) is 5.23. The van der Waals surface area contributed by atoms with E-state index >= 15 is 0 Å². The second-order valence-corrected chi connectivity index (χ2v) is 6.77. The minimum atomic E-state index is 0.0454. The first kappa shape index (κ1) is 15.5. The molecule has 2 heterocycles. The lowest BCUT2D eigenvalue weighted by molar-refractivity contribution is -0.122. The van der Waals surface area contributed by atoms with Crippen molar-refractivity contribution in [2.24, 2.45) is 5.92 Å². The maximum Gasteiger partial charge on any atom is 0.237 e. The van der Waals surface area contributed by atoms with Gasteiger partial charge in [0, 0.05) is 31.5 Å². The van der Waals surface area contributed by atoms with E-state index < -0.39 is 0 Å². The Balaban J connectivity index is 1.32. The highest BCUT2D eigenvalue weighted by Gasteiger charge is 2.37. The number of nitrogens with one attached hydrogen (secondary N) is 2. The number of aryl methyl sites for hydroxylation is 2. The van der Waals surface area contributed by atoms with Crippen molar-refractivity contribution in [1.29, 1.82) is 0 Å². The topological polar surface area (TPSA) is 59.0 Å². The van der Waals surface area contributed by atoms with Crippen LogP contribution in [0.2, 0.25) is 0 Å². The van der Waals surface area contributed by atoms with Gasteiger partial charge in [-0.05, 0) is 44.9 Å². The minimum Gasteiger partial charge on any atom is -0.355 e. The summed E-state index contributed by atoms with van der Waals surface area (Å²) in [4.78, 5) is 16.5. The molecule has 3 rings (SSSR count). The molecule has 0 aromatic carbocycles. The van der Waals surface area contributed by atoms with Crippen LogP contribution in [0.25, 0.3) is 0 Å². The molecule has 22 heavy (non-hydrogen) atoms. The van der Waals surface area contributed by atoms with Crippen molar-refractivity contribution in [2.75, 3.05) is 6.54 Å². The average Bonchev–Trinajstić information content (AvgIpc) is 3.13. The number of amides is 1. The predicted molar refractivity (Wildman–Crippen MR) is 86.5 cm³/mol. The van der Waals surface area contributed by atoms with E-state index in [1.54, 1.807) is 0 Å².